The van der Waals surface area contributed by atoms with Gasteiger partial charge in [0.05, 0.1) is 30.1 Å². The van der Waals surface area contributed by atoms with Crippen molar-refractivity contribution in [3.63, 3.8) is 0 Å². The number of carbonyl (C=O) groups is 3. The molecule has 9 rings (SSSR count). The minimum absolute atomic E-state index is 0.00542. The third kappa shape index (κ3) is 6.68. The number of nitrogens with zero attached hydrogens (tertiary/aromatic N) is 3. The van der Waals surface area contributed by atoms with Crippen LogP contribution in [0.3, 0.4) is 0 Å². The first-order valence-corrected chi connectivity index (χ1v) is 19.5. The highest BCUT2D eigenvalue weighted by molar-refractivity contribution is 6.14. The number of anilines is 3. The van der Waals surface area contributed by atoms with E-state index in [1.807, 2.05) is 89.0 Å². The number of hydrogen-bond acceptors (Lipinski definition) is 7. The topological polar surface area (TPSA) is 100 Å². The van der Waals surface area contributed by atoms with Gasteiger partial charge in [-0.15, -0.1) is 0 Å². The zero-order valence-electron chi connectivity index (χ0n) is 32.6. The standard InChI is InChI=1S/C47H44N4O6/c1-28-15-37-39(48-24-35-19-33-9-5-7-11-40(33)50(35)46(37)53)22-43(28)56-26-31-16-30(14-13-29(2)52)17-32(18-31)27-57-45-23-42-38(21-44(45)55-4)47(54)51-36(25-49(42)3)20-34-10-6-8-12-41(34)51/h5-12,15-18,21-23,35-36,48H,13-14,19-20,24,26-27H2,1-4H3/t35-,36-/m0/s1. The van der Waals surface area contributed by atoms with Crippen molar-refractivity contribution >= 4 is 46.6 Å². The van der Waals surface area contributed by atoms with Gasteiger partial charge in [0, 0.05) is 48.2 Å². The van der Waals surface area contributed by atoms with Gasteiger partial charge in [-0.05, 0) is 103 Å². The van der Waals surface area contributed by atoms with Crippen molar-refractivity contribution in [2.24, 2.45) is 0 Å². The summed E-state index contributed by atoms with van der Waals surface area (Å²) in [6.45, 7) is 4.70. The summed E-state index contributed by atoms with van der Waals surface area (Å²) in [6, 6.07) is 29.6. The van der Waals surface area contributed by atoms with E-state index < -0.39 is 0 Å². The van der Waals surface area contributed by atoms with Crippen LogP contribution in [0.5, 0.6) is 17.2 Å². The van der Waals surface area contributed by atoms with Gasteiger partial charge in [0.1, 0.15) is 37.5 Å². The van der Waals surface area contributed by atoms with E-state index in [2.05, 4.69) is 35.8 Å². The Hall–Kier alpha value is -6.42. The summed E-state index contributed by atoms with van der Waals surface area (Å²) in [4.78, 5) is 43.7. The summed E-state index contributed by atoms with van der Waals surface area (Å²) in [5, 5.41) is 3.53. The predicted octanol–water partition coefficient (Wildman–Crippen LogP) is 7.49. The van der Waals surface area contributed by atoms with Crippen molar-refractivity contribution in [2.45, 2.75) is 64.8 Å². The molecule has 10 heteroatoms. The molecule has 57 heavy (non-hydrogen) atoms. The van der Waals surface area contributed by atoms with E-state index in [4.69, 9.17) is 14.2 Å². The number of rotatable bonds is 10. The largest absolute Gasteiger partial charge is 0.493 e. The molecule has 4 aliphatic rings. The van der Waals surface area contributed by atoms with Gasteiger partial charge in [0.25, 0.3) is 5.91 Å². The fourth-order valence-electron chi connectivity index (χ4n) is 8.65. The molecule has 288 valence electrons. The fourth-order valence-corrected chi connectivity index (χ4v) is 8.65. The Morgan fingerprint density at radius 2 is 1.44 bits per heavy atom. The lowest BCUT2D eigenvalue weighted by molar-refractivity contribution is -0.401. The van der Waals surface area contributed by atoms with Gasteiger partial charge < -0.3 is 38.7 Å². The summed E-state index contributed by atoms with van der Waals surface area (Å²) in [7, 11) is 3.48. The van der Waals surface area contributed by atoms with Crippen LogP contribution >= 0.6 is 0 Å². The highest BCUT2D eigenvalue weighted by atomic mass is 16.5. The lowest BCUT2D eigenvalue weighted by Crippen LogP contribution is -2.39. The number of fused-ring (bicyclic) bond motifs is 8. The quantitative estimate of drug-likeness (QED) is 0.116. The van der Waals surface area contributed by atoms with Crippen LogP contribution in [-0.4, -0.2) is 61.2 Å². The summed E-state index contributed by atoms with van der Waals surface area (Å²) >= 11 is 0. The zero-order chi connectivity index (χ0) is 39.4. The molecule has 5 aromatic carbocycles. The molecule has 0 fully saturated rings. The molecule has 0 unspecified atom stereocenters. The third-order valence-corrected chi connectivity index (χ3v) is 11.4. The van der Waals surface area contributed by atoms with Gasteiger partial charge in [-0.25, -0.2) is 0 Å². The smallest absolute Gasteiger partial charge is 0.260 e. The molecule has 0 saturated carbocycles. The number of benzene rings is 5. The van der Waals surface area contributed by atoms with Crippen molar-refractivity contribution in [1.82, 2.24) is 0 Å². The van der Waals surface area contributed by atoms with Gasteiger partial charge in [-0.1, -0.05) is 48.5 Å². The SMILES string of the molecule is COc1cc2c(cc1OCc1cc(CCC(C)=O)cc(COc3cc4c(cc3C)C(=O)N3c5ccccc5C[C@H]3CN4)c1)[N+](C)=[C-][C@@H]1Cc3ccccc3N1C2=O. The van der Waals surface area contributed by atoms with Crippen LogP contribution in [0.25, 0.3) is 0 Å². The molecule has 1 N–H and O–H groups in total. The van der Waals surface area contributed by atoms with Crippen LogP contribution < -0.4 is 29.3 Å². The Balaban J connectivity index is 0.955. The second-order valence-corrected chi connectivity index (χ2v) is 15.4. The molecule has 4 aliphatic heterocycles. The maximum atomic E-state index is 14.0. The van der Waals surface area contributed by atoms with Crippen LogP contribution in [0.2, 0.25) is 0 Å². The number of ether oxygens (including phenoxy) is 3. The lowest BCUT2D eigenvalue weighted by atomic mass is 10.0. The van der Waals surface area contributed by atoms with E-state index in [0.29, 0.717) is 59.9 Å². The minimum Gasteiger partial charge on any atom is -0.493 e. The van der Waals surface area contributed by atoms with E-state index in [1.165, 1.54) is 5.56 Å². The van der Waals surface area contributed by atoms with Crippen molar-refractivity contribution in [1.29, 1.82) is 0 Å². The molecule has 2 atom stereocenters. The Bertz CT molecular complexity index is 2510. The van der Waals surface area contributed by atoms with Crippen molar-refractivity contribution in [2.75, 3.05) is 35.8 Å². The Kier molecular flexibility index (Phi) is 9.27. The monoisotopic (exact) mass is 760 g/mol. The number of hydrogen-bond donors (Lipinski definition) is 1. The van der Waals surface area contributed by atoms with Crippen LogP contribution in [0, 0.1) is 6.92 Å². The van der Waals surface area contributed by atoms with E-state index in [0.717, 1.165) is 51.3 Å². The van der Waals surface area contributed by atoms with Gasteiger partial charge in [-0.2, -0.15) is 0 Å². The second kappa shape index (κ2) is 14.6. The third-order valence-electron chi connectivity index (χ3n) is 11.4. The van der Waals surface area contributed by atoms with Crippen LogP contribution in [-0.2, 0) is 37.3 Å². The fraction of sp³-hybridized carbons (Fsp3) is 0.277. The van der Waals surface area contributed by atoms with Crippen molar-refractivity contribution < 1.29 is 33.2 Å². The minimum atomic E-state index is -0.217. The van der Waals surface area contributed by atoms with Crippen LogP contribution in [0.4, 0.5) is 22.7 Å². The van der Waals surface area contributed by atoms with Gasteiger partial charge >= 0.3 is 0 Å². The zero-order valence-corrected chi connectivity index (χ0v) is 32.6. The Labute approximate surface area is 332 Å². The number of amides is 2. The number of nitrogens with one attached hydrogen (secondary N) is 1. The van der Waals surface area contributed by atoms with Crippen molar-refractivity contribution in [3.8, 4) is 17.2 Å². The molecule has 10 nitrogen and oxygen atoms in total. The summed E-state index contributed by atoms with van der Waals surface area (Å²) in [5.41, 5.74) is 10.5. The average Bonchev–Trinajstić information content (AvgIpc) is 3.71. The highest BCUT2D eigenvalue weighted by Gasteiger charge is 2.38. The first kappa shape index (κ1) is 36.2. The average molecular weight is 761 g/mol. The molecular weight excluding hydrogens is 717 g/mol. The molecule has 0 aliphatic carbocycles. The molecule has 0 radical (unpaired) electrons. The van der Waals surface area contributed by atoms with Crippen LogP contribution in [0.1, 0.15) is 67.4 Å². The van der Waals surface area contributed by atoms with Gasteiger partial charge in [0.15, 0.2) is 5.75 Å². The first-order valence-electron chi connectivity index (χ1n) is 19.5. The van der Waals surface area contributed by atoms with E-state index in [1.54, 1.807) is 20.1 Å². The number of ketones is 1. The molecular formula is C47H44N4O6. The van der Waals surface area contributed by atoms with Gasteiger partial charge in [0.2, 0.25) is 5.91 Å². The maximum Gasteiger partial charge on any atom is 0.260 e. The Morgan fingerprint density at radius 3 is 2.16 bits per heavy atom. The number of para-hydroxylation sites is 2. The van der Waals surface area contributed by atoms with E-state index >= 15 is 0 Å². The van der Waals surface area contributed by atoms with E-state index in [9.17, 15) is 14.4 Å². The number of methoxy groups -OCH3 is 1. The molecule has 2 amide bonds. The predicted molar refractivity (Wildman–Crippen MR) is 219 cm³/mol. The highest BCUT2D eigenvalue weighted by Crippen LogP contribution is 2.41. The molecule has 0 spiro atoms. The van der Waals surface area contributed by atoms with E-state index in [-0.39, 0.29) is 42.9 Å². The Morgan fingerprint density at radius 1 is 0.789 bits per heavy atom. The molecule has 0 bridgehead atoms. The van der Waals surface area contributed by atoms with Crippen molar-refractivity contribution in [3.05, 3.63) is 136 Å². The molecule has 4 heterocycles. The number of Topliss-reactive ketones (excluding diaryl/α,β-unsaturated/α-hetero) is 1. The summed E-state index contributed by atoms with van der Waals surface area (Å²) < 4.78 is 20.6. The summed E-state index contributed by atoms with van der Waals surface area (Å²) in [6.07, 6.45) is 6.02. The summed E-state index contributed by atoms with van der Waals surface area (Å²) in [5.74, 6) is 1.64. The lowest BCUT2D eigenvalue weighted by Gasteiger charge is -2.23. The van der Waals surface area contributed by atoms with Gasteiger partial charge in [-0.3, -0.25) is 9.59 Å². The number of aryl methyl sites for hydroxylation is 2. The molecule has 0 aromatic heterocycles. The normalized spacial score (nSPS) is 17.5. The first-order chi connectivity index (χ1) is 27.6. The number of carbonyl (C=O) groups excluding carboxylic acids is 3. The molecule has 0 saturated heterocycles. The maximum absolute atomic E-state index is 14.0. The van der Waals surface area contributed by atoms with Crippen LogP contribution in [0.15, 0.2) is 91.0 Å². The second-order valence-electron chi connectivity index (χ2n) is 15.4. The molecule has 5 aromatic rings.